The Labute approximate surface area is 129 Å². The van der Waals surface area contributed by atoms with E-state index in [0.29, 0.717) is 6.04 Å². The predicted molar refractivity (Wildman–Crippen MR) is 83.8 cm³/mol. The Kier molecular flexibility index (Phi) is 3.41. The third-order valence-electron chi connectivity index (χ3n) is 4.56. The number of aromatic amines is 1. The molecule has 1 fully saturated rings. The summed E-state index contributed by atoms with van der Waals surface area (Å²) in [6.45, 7) is 3.17. The van der Waals surface area contributed by atoms with E-state index in [4.69, 9.17) is 4.98 Å². The minimum Gasteiger partial charge on any atom is -0.344 e. The summed E-state index contributed by atoms with van der Waals surface area (Å²) in [7, 11) is 0. The van der Waals surface area contributed by atoms with Crippen LogP contribution in [0.15, 0.2) is 0 Å². The van der Waals surface area contributed by atoms with Crippen LogP contribution in [0.3, 0.4) is 0 Å². The summed E-state index contributed by atoms with van der Waals surface area (Å²) in [6, 6.07) is 0.355. The van der Waals surface area contributed by atoms with Crippen molar-refractivity contribution in [2.75, 3.05) is 11.4 Å². The second-order valence-electron chi connectivity index (χ2n) is 5.95. The zero-order valence-corrected chi connectivity index (χ0v) is 13.2. The molecule has 0 amide bonds. The standard InChI is InChI=1S/C15H21N5S/c1-2-13-18-15(21-19-13)20-9-5-8-12(20)14-16-10-6-3-4-7-11(10)17-14/h12H,2-9H2,1H3,(H,16,17)/t12-/m1/s1. The molecule has 112 valence electrons. The number of imidazole rings is 1. The van der Waals surface area contributed by atoms with Gasteiger partial charge in [0.15, 0.2) is 0 Å². The van der Waals surface area contributed by atoms with Gasteiger partial charge in [0, 0.05) is 30.2 Å². The van der Waals surface area contributed by atoms with Gasteiger partial charge in [-0.3, -0.25) is 0 Å². The molecule has 1 atom stereocenters. The molecule has 0 saturated carbocycles. The number of aryl methyl sites for hydroxylation is 3. The van der Waals surface area contributed by atoms with Gasteiger partial charge in [-0.15, -0.1) is 0 Å². The van der Waals surface area contributed by atoms with E-state index in [2.05, 4.69) is 26.2 Å². The van der Waals surface area contributed by atoms with Gasteiger partial charge in [-0.25, -0.2) is 9.97 Å². The molecule has 4 rings (SSSR count). The van der Waals surface area contributed by atoms with Gasteiger partial charge in [-0.1, -0.05) is 6.92 Å². The lowest BCUT2D eigenvalue weighted by molar-refractivity contribution is 0.667. The number of nitrogens with zero attached hydrogens (tertiary/aromatic N) is 4. The first kappa shape index (κ1) is 13.2. The van der Waals surface area contributed by atoms with Crippen molar-refractivity contribution in [3.63, 3.8) is 0 Å². The van der Waals surface area contributed by atoms with Crippen LogP contribution in [0.1, 0.15) is 61.7 Å². The molecule has 1 aliphatic carbocycles. The molecular weight excluding hydrogens is 282 g/mol. The summed E-state index contributed by atoms with van der Waals surface area (Å²) >= 11 is 1.53. The minimum absolute atomic E-state index is 0.355. The number of aromatic nitrogens is 4. The first-order valence-corrected chi connectivity index (χ1v) is 8.79. The zero-order valence-electron chi connectivity index (χ0n) is 12.4. The highest BCUT2D eigenvalue weighted by Crippen LogP contribution is 2.36. The van der Waals surface area contributed by atoms with E-state index in [9.17, 15) is 0 Å². The third kappa shape index (κ3) is 2.35. The van der Waals surface area contributed by atoms with Crippen LogP contribution in [0.25, 0.3) is 0 Å². The predicted octanol–water partition coefficient (Wildman–Crippen LogP) is 3.04. The molecule has 0 aromatic carbocycles. The molecule has 0 spiro atoms. The van der Waals surface area contributed by atoms with Crippen LogP contribution in [0.2, 0.25) is 0 Å². The van der Waals surface area contributed by atoms with Crippen molar-refractivity contribution in [3.05, 3.63) is 23.0 Å². The van der Waals surface area contributed by atoms with E-state index in [1.54, 1.807) is 0 Å². The molecule has 6 heteroatoms. The zero-order chi connectivity index (χ0) is 14.2. The number of fused-ring (bicyclic) bond motifs is 1. The van der Waals surface area contributed by atoms with Crippen molar-refractivity contribution in [3.8, 4) is 0 Å². The van der Waals surface area contributed by atoms with Crippen LogP contribution in [0.5, 0.6) is 0 Å². The molecule has 5 nitrogen and oxygen atoms in total. The van der Waals surface area contributed by atoms with Crippen LogP contribution < -0.4 is 4.90 Å². The number of hydrogen-bond acceptors (Lipinski definition) is 5. The average Bonchev–Trinajstić information content (AvgIpc) is 3.23. The van der Waals surface area contributed by atoms with Crippen molar-refractivity contribution in [1.82, 2.24) is 19.3 Å². The number of nitrogens with one attached hydrogen (secondary N) is 1. The molecular formula is C15H21N5S. The van der Waals surface area contributed by atoms with Crippen molar-refractivity contribution < 1.29 is 0 Å². The normalized spacial score (nSPS) is 21.8. The quantitative estimate of drug-likeness (QED) is 0.947. The molecule has 2 aromatic rings. The first-order chi connectivity index (χ1) is 10.3. The maximum absolute atomic E-state index is 4.89. The molecule has 0 bridgehead atoms. The molecule has 0 radical (unpaired) electrons. The maximum Gasteiger partial charge on any atom is 0.205 e. The van der Waals surface area contributed by atoms with E-state index in [0.717, 1.165) is 49.0 Å². The summed E-state index contributed by atoms with van der Waals surface area (Å²) < 4.78 is 4.43. The van der Waals surface area contributed by atoms with Gasteiger partial charge >= 0.3 is 0 Å². The van der Waals surface area contributed by atoms with Gasteiger partial charge in [0.1, 0.15) is 11.6 Å². The van der Waals surface area contributed by atoms with E-state index in [-0.39, 0.29) is 0 Å². The van der Waals surface area contributed by atoms with Crippen molar-refractivity contribution in [1.29, 1.82) is 0 Å². The lowest BCUT2D eigenvalue weighted by atomic mass is 10.0. The van der Waals surface area contributed by atoms with Crippen LogP contribution >= 0.6 is 11.5 Å². The monoisotopic (exact) mass is 303 g/mol. The summed E-state index contributed by atoms with van der Waals surface area (Å²) in [4.78, 5) is 15.5. The fourth-order valence-electron chi connectivity index (χ4n) is 3.42. The van der Waals surface area contributed by atoms with Crippen LogP contribution in [-0.4, -0.2) is 25.9 Å². The fraction of sp³-hybridized carbons (Fsp3) is 0.667. The molecule has 1 N–H and O–H groups in total. The van der Waals surface area contributed by atoms with E-state index >= 15 is 0 Å². The Morgan fingerprint density at radius 1 is 1.24 bits per heavy atom. The number of anilines is 1. The van der Waals surface area contributed by atoms with Gasteiger partial charge in [0.05, 0.1) is 11.7 Å². The lowest BCUT2D eigenvalue weighted by Gasteiger charge is -2.21. The second-order valence-corrected chi connectivity index (χ2v) is 6.68. The van der Waals surface area contributed by atoms with E-state index in [1.165, 1.54) is 42.2 Å². The lowest BCUT2D eigenvalue weighted by Crippen LogP contribution is -2.23. The highest BCUT2D eigenvalue weighted by Gasteiger charge is 2.31. The fourth-order valence-corrected chi connectivity index (χ4v) is 4.24. The molecule has 2 aliphatic rings. The molecule has 1 saturated heterocycles. The molecule has 21 heavy (non-hydrogen) atoms. The van der Waals surface area contributed by atoms with Crippen molar-refractivity contribution >= 4 is 16.7 Å². The second kappa shape index (κ2) is 5.40. The van der Waals surface area contributed by atoms with Crippen LogP contribution in [0.4, 0.5) is 5.13 Å². The minimum atomic E-state index is 0.355. The number of H-pyrrole nitrogens is 1. The van der Waals surface area contributed by atoms with Crippen LogP contribution in [-0.2, 0) is 19.3 Å². The largest absolute Gasteiger partial charge is 0.344 e. The van der Waals surface area contributed by atoms with Gasteiger partial charge in [-0.2, -0.15) is 4.37 Å². The van der Waals surface area contributed by atoms with Gasteiger partial charge in [-0.05, 0) is 38.5 Å². The average molecular weight is 303 g/mol. The molecule has 3 heterocycles. The van der Waals surface area contributed by atoms with Crippen molar-refractivity contribution in [2.45, 2.75) is 57.9 Å². The van der Waals surface area contributed by atoms with E-state index in [1.807, 2.05) is 0 Å². The molecule has 0 unspecified atom stereocenters. The van der Waals surface area contributed by atoms with Crippen molar-refractivity contribution in [2.24, 2.45) is 0 Å². The molecule has 1 aliphatic heterocycles. The summed E-state index contributed by atoms with van der Waals surface area (Å²) in [5, 5.41) is 1.06. The Morgan fingerprint density at radius 3 is 2.95 bits per heavy atom. The Bertz CT molecular complexity index is 608. The number of hydrogen-bond donors (Lipinski definition) is 1. The Balaban J connectivity index is 1.62. The maximum atomic E-state index is 4.89. The topological polar surface area (TPSA) is 57.7 Å². The highest BCUT2D eigenvalue weighted by atomic mass is 32.1. The molecule has 2 aromatic heterocycles. The van der Waals surface area contributed by atoms with Gasteiger partial charge in [0.25, 0.3) is 0 Å². The number of rotatable bonds is 3. The smallest absolute Gasteiger partial charge is 0.205 e. The summed E-state index contributed by atoms with van der Waals surface area (Å²) in [5.41, 5.74) is 2.67. The Hall–Kier alpha value is -1.43. The van der Waals surface area contributed by atoms with Crippen LogP contribution in [0, 0.1) is 0 Å². The van der Waals surface area contributed by atoms with E-state index < -0.39 is 0 Å². The SMILES string of the molecule is CCc1nsc(N2CCC[C@@H]2c2nc3c([nH]2)CCCC3)n1. The first-order valence-electron chi connectivity index (χ1n) is 8.02. The Morgan fingerprint density at radius 2 is 2.14 bits per heavy atom. The highest BCUT2D eigenvalue weighted by molar-refractivity contribution is 7.09. The van der Waals surface area contributed by atoms with Gasteiger partial charge in [0.2, 0.25) is 5.13 Å². The van der Waals surface area contributed by atoms with Gasteiger partial charge < -0.3 is 9.88 Å². The summed E-state index contributed by atoms with van der Waals surface area (Å²) in [5.74, 6) is 2.10. The summed E-state index contributed by atoms with van der Waals surface area (Å²) in [6.07, 6.45) is 8.14. The third-order valence-corrected chi connectivity index (χ3v) is 5.35.